The quantitative estimate of drug-likeness (QED) is 0.682. The molecule has 0 aliphatic carbocycles. The van der Waals surface area contributed by atoms with Crippen LogP contribution in [-0.4, -0.2) is 10.1 Å². The topological polar surface area (TPSA) is 46.3 Å². The van der Waals surface area contributed by atoms with Gasteiger partial charge >= 0.3 is 0 Å². The van der Waals surface area contributed by atoms with Crippen molar-refractivity contribution in [1.82, 2.24) is 4.98 Å². The molecule has 1 unspecified atom stereocenters. The third-order valence-corrected chi connectivity index (χ3v) is 1.46. The maximum absolute atomic E-state index is 8.95. The van der Waals surface area contributed by atoms with Crippen molar-refractivity contribution in [3.8, 4) is 0 Å². The second-order valence-corrected chi connectivity index (χ2v) is 2.43. The van der Waals surface area contributed by atoms with E-state index in [1.807, 2.05) is 0 Å². The van der Waals surface area contributed by atoms with E-state index in [0.29, 0.717) is 10.9 Å². The standard InChI is InChI=1S/C6H8ClNO2/c1-3(9)6-8-5(7)4(2)10-6/h3,9H,1-2H3. The van der Waals surface area contributed by atoms with Gasteiger partial charge in [-0.2, -0.15) is 4.98 Å². The molecule has 1 rings (SSSR count). The van der Waals surface area contributed by atoms with Crippen LogP contribution < -0.4 is 0 Å². The summed E-state index contributed by atoms with van der Waals surface area (Å²) >= 11 is 5.56. The van der Waals surface area contributed by atoms with Crippen molar-refractivity contribution in [2.45, 2.75) is 20.0 Å². The zero-order valence-electron chi connectivity index (χ0n) is 5.76. The van der Waals surface area contributed by atoms with Crippen molar-refractivity contribution in [3.05, 3.63) is 16.8 Å². The molecule has 0 saturated carbocycles. The zero-order chi connectivity index (χ0) is 7.72. The number of hydrogen-bond donors (Lipinski definition) is 1. The van der Waals surface area contributed by atoms with Gasteiger partial charge in [-0.15, -0.1) is 0 Å². The van der Waals surface area contributed by atoms with Crippen LogP contribution in [-0.2, 0) is 0 Å². The molecule has 0 fully saturated rings. The molecule has 0 saturated heterocycles. The smallest absolute Gasteiger partial charge is 0.224 e. The lowest BCUT2D eigenvalue weighted by Gasteiger charge is -1.93. The van der Waals surface area contributed by atoms with Crippen molar-refractivity contribution in [2.24, 2.45) is 0 Å². The third-order valence-electron chi connectivity index (χ3n) is 1.11. The summed E-state index contributed by atoms with van der Waals surface area (Å²) in [6.45, 7) is 3.27. The molecule has 10 heavy (non-hydrogen) atoms. The summed E-state index contributed by atoms with van der Waals surface area (Å²) < 4.78 is 4.98. The molecule has 0 bridgehead atoms. The molecule has 3 nitrogen and oxygen atoms in total. The highest BCUT2D eigenvalue weighted by atomic mass is 35.5. The first-order valence-electron chi connectivity index (χ1n) is 2.92. The van der Waals surface area contributed by atoms with Gasteiger partial charge < -0.3 is 9.52 Å². The maximum Gasteiger partial charge on any atom is 0.224 e. The second-order valence-electron chi connectivity index (χ2n) is 2.08. The Bertz CT molecular complexity index is 212. The molecule has 1 heterocycles. The second kappa shape index (κ2) is 2.60. The van der Waals surface area contributed by atoms with E-state index in [0.717, 1.165) is 0 Å². The predicted octanol–water partition coefficient (Wildman–Crippen LogP) is 1.69. The van der Waals surface area contributed by atoms with E-state index in [-0.39, 0.29) is 5.89 Å². The Morgan fingerprint density at radius 1 is 1.70 bits per heavy atom. The monoisotopic (exact) mass is 161 g/mol. The van der Waals surface area contributed by atoms with Gasteiger partial charge in [0.05, 0.1) is 0 Å². The van der Waals surface area contributed by atoms with Crippen LogP contribution in [0.2, 0.25) is 5.15 Å². The van der Waals surface area contributed by atoms with Gasteiger partial charge in [-0.1, -0.05) is 11.6 Å². The fraction of sp³-hybridized carbons (Fsp3) is 0.500. The molecule has 0 aliphatic heterocycles. The Labute approximate surface area is 63.6 Å². The number of aromatic nitrogens is 1. The Morgan fingerprint density at radius 3 is 2.50 bits per heavy atom. The Balaban J connectivity index is 2.98. The minimum absolute atomic E-state index is 0.266. The van der Waals surface area contributed by atoms with Gasteiger partial charge in [-0.3, -0.25) is 0 Å². The number of halogens is 1. The Kier molecular flexibility index (Phi) is 1.97. The van der Waals surface area contributed by atoms with Crippen LogP contribution in [0.5, 0.6) is 0 Å². The lowest BCUT2D eigenvalue weighted by atomic mass is 10.4. The summed E-state index contributed by atoms with van der Waals surface area (Å²) in [4.78, 5) is 3.76. The van der Waals surface area contributed by atoms with Gasteiger partial charge in [0.1, 0.15) is 11.9 Å². The largest absolute Gasteiger partial charge is 0.442 e. The number of rotatable bonds is 1. The van der Waals surface area contributed by atoms with Crippen LogP contribution in [0, 0.1) is 6.92 Å². The van der Waals surface area contributed by atoms with Crippen molar-refractivity contribution < 1.29 is 9.52 Å². The minimum Gasteiger partial charge on any atom is -0.442 e. The van der Waals surface area contributed by atoms with Crippen molar-refractivity contribution in [2.75, 3.05) is 0 Å². The van der Waals surface area contributed by atoms with E-state index < -0.39 is 6.10 Å². The zero-order valence-corrected chi connectivity index (χ0v) is 6.51. The van der Waals surface area contributed by atoms with Crippen LogP contribution in [0.25, 0.3) is 0 Å². The van der Waals surface area contributed by atoms with Gasteiger partial charge in [-0.05, 0) is 13.8 Å². The number of aryl methyl sites for hydroxylation is 1. The number of aliphatic hydroxyl groups excluding tert-OH is 1. The summed E-state index contributed by atoms with van der Waals surface area (Å²) in [7, 11) is 0. The molecule has 0 radical (unpaired) electrons. The van der Waals surface area contributed by atoms with Crippen LogP contribution in [0.15, 0.2) is 4.42 Å². The highest BCUT2D eigenvalue weighted by Crippen LogP contribution is 2.19. The number of nitrogens with zero attached hydrogens (tertiary/aromatic N) is 1. The highest BCUT2D eigenvalue weighted by molar-refractivity contribution is 6.29. The average molecular weight is 162 g/mol. The Morgan fingerprint density at radius 2 is 2.30 bits per heavy atom. The normalized spacial score (nSPS) is 13.6. The number of hydrogen-bond acceptors (Lipinski definition) is 3. The fourth-order valence-electron chi connectivity index (χ4n) is 0.576. The van der Waals surface area contributed by atoms with Crippen LogP contribution in [0.1, 0.15) is 24.7 Å². The molecule has 0 aliphatic rings. The molecule has 0 amide bonds. The van der Waals surface area contributed by atoms with E-state index in [1.165, 1.54) is 0 Å². The van der Waals surface area contributed by atoms with E-state index in [1.54, 1.807) is 13.8 Å². The molecule has 1 atom stereocenters. The summed E-state index contributed by atoms with van der Waals surface area (Å²) in [6.07, 6.45) is -0.689. The van der Waals surface area contributed by atoms with Crippen LogP contribution >= 0.6 is 11.6 Å². The van der Waals surface area contributed by atoms with Crippen molar-refractivity contribution in [1.29, 1.82) is 0 Å². The van der Waals surface area contributed by atoms with Crippen molar-refractivity contribution >= 4 is 11.6 Å². The van der Waals surface area contributed by atoms with E-state index >= 15 is 0 Å². The molecule has 1 aromatic heterocycles. The molecular formula is C6H8ClNO2. The number of aliphatic hydroxyl groups is 1. The van der Waals surface area contributed by atoms with Crippen LogP contribution in [0.3, 0.4) is 0 Å². The van der Waals surface area contributed by atoms with Gasteiger partial charge in [-0.25, -0.2) is 0 Å². The molecular weight excluding hydrogens is 154 g/mol. The summed E-state index contributed by atoms with van der Waals surface area (Å²) in [6, 6.07) is 0. The SMILES string of the molecule is Cc1oc(C(C)O)nc1Cl. The molecule has 4 heteroatoms. The lowest BCUT2D eigenvalue weighted by Crippen LogP contribution is -1.89. The van der Waals surface area contributed by atoms with Gasteiger partial charge in [0.2, 0.25) is 5.89 Å². The molecule has 1 aromatic rings. The van der Waals surface area contributed by atoms with E-state index in [2.05, 4.69) is 4.98 Å². The third kappa shape index (κ3) is 1.30. The number of oxazole rings is 1. The summed E-state index contributed by atoms with van der Waals surface area (Å²) in [5, 5.41) is 9.26. The molecule has 56 valence electrons. The predicted molar refractivity (Wildman–Crippen MR) is 36.9 cm³/mol. The minimum atomic E-state index is -0.689. The first-order valence-corrected chi connectivity index (χ1v) is 3.30. The summed E-state index contributed by atoms with van der Waals surface area (Å²) in [5.74, 6) is 0.806. The highest BCUT2D eigenvalue weighted by Gasteiger charge is 2.10. The molecule has 1 N–H and O–H groups in total. The first-order chi connectivity index (χ1) is 4.61. The fourth-order valence-corrected chi connectivity index (χ4v) is 0.698. The summed E-state index contributed by atoms with van der Waals surface area (Å²) in [5.41, 5.74) is 0. The van der Waals surface area contributed by atoms with E-state index in [4.69, 9.17) is 21.1 Å². The maximum atomic E-state index is 8.95. The van der Waals surface area contributed by atoms with E-state index in [9.17, 15) is 0 Å². The van der Waals surface area contributed by atoms with Gasteiger partial charge in [0, 0.05) is 0 Å². The Hall–Kier alpha value is -0.540. The van der Waals surface area contributed by atoms with Gasteiger partial charge in [0.15, 0.2) is 5.15 Å². The molecule has 0 aromatic carbocycles. The lowest BCUT2D eigenvalue weighted by molar-refractivity contribution is 0.161. The van der Waals surface area contributed by atoms with Crippen molar-refractivity contribution in [3.63, 3.8) is 0 Å². The average Bonchev–Trinajstić information content (AvgIpc) is 2.13. The van der Waals surface area contributed by atoms with Gasteiger partial charge in [0.25, 0.3) is 0 Å². The first kappa shape index (κ1) is 7.57. The molecule has 0 spiro atoms. The van der Waals surface area contributed by atoms with Crippen LogP contribution in [0.4, 0.5) is 0 Å².